The fourth-order valence-electron chi connectivity index (χ4n) is 6.85. The van der Waals surface area contributed by atoms with Crippen molar-refractivity contribution < 1.29 is 28.6 Å². The van der Waals surface area contributed by atoms with E-state index in [0.29, 0.717) is 19.3 Å². The van der Waals surface area contributed by atoms with Gasteiger partial charge >= 0.3 is 17.9 Å². The fourth-order valence-corrected chi connectivity index (χ4v) is 6.85. The van der Waals surface area contributed by atoms with E-state index < -0.39 is 6.10 Å². The van der Waals surface area contributed by atoms with E-state index in [2.05, 4.69) is 81.5 Å². The van der Waals surface area contributed by atoms with E-state index in [1.165, 1.54) is 96.3 Å². The molecule has 0 saturated carbocycles. The van der Waals surface area contributed by atoms with E-state index >= 15 is 0 Å². The summed E-state index contributed by atoms with van der Waals surface area (Å²) in [6, 6.07) is 0. The topological polar surface area (TPSA) is 78.9 Å². The molecule has 0 bridgehead atoms. The van der Waals surface area contributed by atoms with Crippen molar-refractivity contribution in [3.05, 3.63) is 60.8 Å². The van der Waals surface area contributed by atoms with E-state index in [1.807, 2.05) is 0 Å². The van der Waals surface area contributed by atoms with Gasteiger partial charge in [-0.05, 0) is 77.0 Å². The first-order chi connectivity index (χ1) is 29.0. The number of hydrogen-bond donors (Lipinski definition) is 0. The first kappa shape index (κ1) is 56.1. The molecule has 0 spiro atoms. The molecule has 0 rings (SSSR count). The molecule has 340 valence electrons. The molecule has 0 saturated heterocycles. The van der Waals surface area contributed by atoms with Crippen molar-refractivity contribution in [2.75, 3.05) is 13.2 Å². The fraction of sp³-hybridized carbons (Fsp3) is 0.755. The van der Waals surface area contributed by atoms with Gasteiger partial charge in [0.15, 0.2) is 6.10 Å². The zero-order valence-corrected chi connectivity index (χ0v) is 38.8. The number of esters is 3. The molecule has 0 fully saturated rings. The molecule has 0 radical (unpaired) electrons. The van der Waals surface area contributed by atoms with Crippen LogP contribution in [0, 0.1) is 0 Å². The number of ether oxygens (including phenoxy) is 3. The maximum Gasteiger partial charge on any atom is 0.306 e. The Balaban J connectivity index is 4.33. The van der Waals surface area contributed by atoms with Crippen LogP contribution in [0.15, 0.2) is 60.8 Å². The van der Waals surface area contributed by atoms with E-state index in [4.69, 9.17) is 14.2 Å². The van der Waals surface area contributed by atoms with Crippen molar-refractivity contribution in [1.82, 2.24) is 0 Å². The first-order valence-corrected chi connectivity index (χ1v) is 24.8. The zero-order chi connectivity index (χ0) is 43.0. The number of rotatable bonds is 44. The SMILES string of the molecule is CC/C=C\C/C=C\C/C=C\CCCCCCC(=O)OC(COC(=O)CCCC/C=C\C/C=C\CC)COC(=O)CCCCCCCCCCCCCCCCCCCC. The zero-order valence-electron chi connectivity index (χ0n) is 38.8. The Morgan fingerprint density at radius 3 is 1.07 bits per heavy atom. The summed E-state index contributed by atoms with van der Waals surface area (Å²) in [5, 5.41) is 0. The summed E-state index contributed by atoms with van der Waals surface area (Å²) in [7, 11) is 0. The largest absolute Gasteiger partial charge is 0.462 e. The van der Waals surface area contributed by atoms with Crippen molar-refractivity contribution in [2.45, 2.75) is 245 Å². The lowest BCUT2D eigenvalue weighted by molar-refractivity contribution is -0.167. The van der Waals surface area contributed by atoms with Gasteiger partial charge in [0.1, 0.15) is 13.2 Å². The van der Waals surface area contributed by atoms with Crippen molar-refractivity contribution in [3.63, 3.8) is 0 Å². The molecule has 0 N–H and O–H groups in total. The third-order valence-corrected chi connectivity index (χ3v) is 10.5. The van der Waals surface area contributed by atoms with Gasteiger partial charge in [0.2, 0.25) is 0 Å². The number of carbonyl (C=O) groups excluding carboxylic acids is 3. The van der Waals surface area contributed by atoms with Gasteiger partial charge in [-0.2, -0.15) is 0 Å². The van der Waals surface area contributed by atoms with Crippen LogP contribution in [-0.2, 0) is 28.6 Å². The molecule has 1 atom stereocenters. The maximum absolute atomic E-state index is 12.7. The molecule has 6 heteroatoms. The highest BCUT2D eigenvalue weighted by atomic mass is 16.6. The molecular formula is C53H92O6. The molecule has 0 aliphatic heterocycles. The van der Waals surface area contributed by atoms with Crippen LogP contribution in [0.5, 0.6) is 0 Å². The Morgan fingerprint density at radius 2 is 0.661 bits per heavy atom. The Hall–Kier alpha value is -2.89. The van der Waals surface area contributed by atoms with Crippen LogP contribution < -0.4 is 0 Å². The molecule has 0 aromatic rings. The summed E-state index contributed by atoms with van der Waals surface area (Å²) in [4.78, 5) is 37.8. The number of allylic oxidation sites excluding steroid dienone is 10. The van der Waals surface area contributed by atoms with Gasteiger partial charge in [0.25, 0.3) is 0 Å². The average molecular weight is 825 g/mol. The van der Waals surface area contributed by atoms with Crippen LogP contribution in [0.2, 0.25) is 0 Å². The summed E-state index contributed by atoms with van der Waals surface area (Å²) >= 11 is 0. The summed E-state index contributed by atoms with van der Waals surface area (Å²) in [6.07, 6.45) is 58.0. The predicted molar refractivity (Wildman–Crippen MR) is 251 cm³/mol. The van der Waals surface area contributed by atoms with Crippen molar-refractivity contribution in [3.8, 4) is 0 Å². The minimum absolute atomic E-state index is 0.0921. The van der Waals surface area contributed by atoms with Gasteiger partial charge in [0.05, 0.1) is 0 Å². The smallest absolute Gasteiger partial charge is 0.306 e. The molecule has 0 aliphatic carbocycles. The van der Waals surface area contributed by atoms with Gasteiger partial charge in [-0.3, -0.25) is 14.4 Å². The Bertz CT molecular complexity index is 1090. The van der Waals surface area contributed by atoms with Crippen molar-refractivity contribution in [1.29, 1.82) is 0 Å². The molecule has 0 amide bonds. The van der Waals surface area contributed by atoms with Crippen molar-refractivity contribution >= 4 is 17.9 Å². The van der Waals surface area contributed by atoms with E-state index in [0.717, 1.165) is 103 Å². The van der Waals surface area contributed by atoms with Crippen LogP contribution in [-0.4, -0.2) is 37.2 Å². The number of unbranched alkanes of at least 4 members (excludes halogenated alkanes) is 23. The minimum Gasteiger partial charge on any atom is -0.462 e. The third-order valence-electron chi connectivity index (χ3n) is 10.5. The molecule has 6 nitrogen and oxygen atoms in total. The van der Waals surface area contributed by atoms with Crippen LogP contribution in [0.3, 0.4) is 0 Å². The second kappa shape index (κ2) is 47.8. The molecular weight excluding hydrogens is 733 g/mol. The van der Waals surface area contributed by atoms with E-state index in [9.17, 15) is 14.4 Å². The van der Waals surface area contributed by atoms with Gasteiger partial charge in [-0.15, -0.1) is 0 Å². The van der Waals surface area contributed by atoms with Crippen LogP contribution in [0.25, 0.3) is 0 Å². The van der Waals surface area contributed by atoms with Gasteiger partial charge in [0, 0.05) is 19.3 Å². The highest BCUT2D eigenvalue weighted by Crippen LogP contribution is 2.15. The first-order valence-electron chi connectivity index (χ1n) is 24.8. The summed E-state index contributed by atoms with van der Waals surface area (Å²) in [6.45, 7) is 6.36. The second-order valence-electron chi connectivity index (χ2n) is 16.3. The summed E-state index contributed by atoms with van der Waals surface area (Å²) in [5.74, 6) is -0.951. The Morgan fingerprint density at radius 1 is 0.356 bits per heavy atom. The molecule has 59 heavy (non-hydrogen) atoms. The van der Waals surface area contributed by atoms with Gasteiger partial charge in [-0.1, -0.05) is 204 Å². The van der Waals surface area contributed by atoms with Gasteiger partial charge < -0.3 is 14.2 Å². The monoisotopic (exact) mass is 825 g/mol. The normalized spacial score (nSPS) is 12.5. The summed E-state index contributed by atoms with van der Waals surface area (Å²) < 4.78 is 16.7. The molecule has 0 aromatic carbocycles. The second-order valence-corrected chi connectivity index (χ2v) is 16.3. The van der Waals surface area contributed by atoms with Crippen LogP contribution in [0.1, 0.15) is 239 Å². The van der Waals surface area contributed by atoms with Gasteiger partial charge in [-0.25, -0.2) is 0 Å². The standard InChI is InChI=1S/C53H92O6/c1-4-7-10-13-16-19-21-23-25-26-27-28-30-31-34-37-40-43-46-52(55)58-49-50(48-57-51(54)45-42-39-36-33-18-15-12-9-6-3)59-53(56)47-44-41-38-35-32-29-24-22-20-17-14-11-8-5-2/h8-9,11-12,17-18,20,24,29,33,50H,4-7,10,13-16,19,21-23,25-28,30-32,34-49H2,1-3H3/b11-8-,12-9-,20-17-,29-24-,33-18-. The quantitative estimate of drug-likeness (QED) is 0.0263. The van der Waals surface area contributed by atoms with Crippen LogP contribution in [0.4, 0.5) is 0 Å². The number of hydrogen-bond acceptors (Lipinski definition) is 6. The highest BCUT2D eigenvalue weighted by Gasteiger charge is 2.19. The third kappa shape index (κ3) is 46.0. The lowest BCUT2D eigenvalue weighted by Gasteiger charge is -2.18. The minimum atomic E-state index is -0.795. The molecule has 0 aromatic heterocycles. The number of carbonyl (C=O) groups is 3. The molecule has 0 aliphatic rings. The predicted octanol–water partition coefficient (Wildman–Crippen LogP) is 16.1. The van der Waals surface area contributed by atoms with E-state index in [1.54, 1.807) is 0 Å². The average Bonchev–Trinajstić information content (AvgIpc) is 3.23. The maximum atomic E-state index is 12.7. The van der Waals surface area contributed by atoms with E-state index in [-0.39, 0.29) is 31.1 Å². The highest BCUT2D eigenvalue weighted by molar-refractivity contribution is 5.71. The van der Waals surface area contributed by atoms with Crippen molar-refractivity contribution in [2.24, 2.45) is 0 Å². The Kier molecular flexibility index (Phi) is 45.4. The summed E-state index contributed by atoms with van der Waals surface area (Å²) in [5.41, 5.74) is 0. The Labute approximate surface area is 364 Å². The lowest BCUT2D eigenvalue weighted by Crippen LogP contribution is -2.30. The molecule has 0 heterocycles. The molecule has 1 unspecified atom stereocenters. The lowest BCUT2D eigenvalue weighted by atomic mass is 10.0. The van der Waals surface area contributed by atoms with Crippen LogP contribution >= 0.6 is 0 Å².